The highest BCUT2D eigenvalue weighted by molar-refractivity contribution is 7.82. The van der Waals surface area contributed by atoms with Crippen LogP contribution in [-0.4, -0.2) is 68.6 Å². The van der Waals surface area contributed by atoms with Crippen LogP contribution in [0.5, 0.6) is 0 Å². The van der Waals surface area contributed by atoms with Gasteiger partial charge in [0.25, 0.3) is 0 Å². The Bertz CT molecular complexity index is 814. The van der Waals surface area contributed by atoms with Gasteiger partial charge in [0, 0.05) is 45.2 Å². The van der Waals surface area contributed by atoms with Crippen molar-refractivity contribution in [2.45, 2.75) is 44.8 Å². The van der Waals surface area contributed by atoms with Gasteiger partial charge in [-0.2, -0.15) is 0 Å². The van der Waals surface area contributed by atoms with E-state index in [0.717, 1.165) is 61.4 Å². The number of ether oxygens (including phenoxy) is 1. The fourth-order valence-electron chi connectivity index (χ4n) is 4.51. The number of rotatable bonds is 7. The molecule has 8 heteroatoms. The Morgan fingerprint density at radius 3 is 2.82 bits per heavy atom. The lowest BCUT2D eigenvalue weighted by Crippen LogP contribution is -2.46. The number of nitrogens with zero attached hydrogens (tertiary/aromatic N) is 4. The van der Waals surface area contributed by atoms with E-state index in [1.807, 2.05) is 12.3 Å². The first-order valence-corrected chi connectivity index (χ1v) is 11.5. The molecule has 3 heterocycles. The topological polar surface area (TPSA) is 74.3 Å². The lowest BCUT2D eigenvalue weighted by atomic mass is 9.81. The van der Waals surface area contributed by atoms with Gasteiger partial charge in [0.15, 0.2) is 0 Å². The van der Waals surface area contributed by atoms with E-state index >= 15 is 0 Å². The van der Waals surface area contributed by atoms with Gasteiger partial charge in [0.05, 0.1) is 22.5 Å². The summed E-state index contributed by atoms with van der Waals surface area (Å²) in [7, 11) is 3.02. The molecule has 1 aliphatic carbocycles. The molecular weight excluding hydrogens is 374 g/mol. The SMILES string of the molecule is COC(C)C1CCN(S(=O)CC2CC(N(C)c3ncnc4[nH]ccc34)C2)CC1. The summed E-state index contributed by atoms with van der Waals surface area (Å²) in [4.78, 5) is 14.2. The van der Waals surface area contributed by atoms with Crippen molar-refractivity contribution in [1.29, 1.82) is 0 Å². The van der Waals surface area contributed by atoms with Crippen LogP contribution in [0, 0.1) is 11.8 Å². The van der Waals surface area contributed by atoms with Crippen molar-refractivity contribution in [3.05, 3.63) is 18.6 Å². The molecule has 0 aromatic carbocycles. The molecule has 2 aromatic rings. The second kappa shape index (κ2) is 8.47. The highest BCUT2D eigenvalue weighted by atomic mass is 32.2. The van der Waals surface area contributed by atoms with Crippen LogP contribution in [0.3, 0.4) is 0 Å². The highest BCUT2D eigenvalue weighted by Gasteiger charge is 2.36. The zero-order valence-electron chi connectivity index (χ0n) is 17.0. The lowest BCUT2D eigenvalue weighted by molar-refractivity contribution is 0.0456. The van der Waals surface area contributed by atoms with Crippen LogP contribution in [0.1, 0.15) is 32.6 Å². The second-order valence-electron chi connectivity index (χ2n) is 8.23. The van der Waals surface area contributed by atoms with Crippen molar-refractivity contribution in [3.63, 3.8) is 0 Å². The second-order valence-corrected chi connectivity index (χ2v) is 9.73. The summed E-state index contributed by atoms with van der Waals surface area (Å²) in [5.41, 5.74) is 0.875. The van der Waals surface area contributed by atoms with Crippen molar-refractivity contribution in [2.24, 2.45) is 11.8 Å². The van der Waals surface area contributed by atoms with Crippen LogP contribution in [0.4, 0.5) is 5.82 Å². The van der Waals surface area contributed by atoms with Gasteiger partial charge in [-0.05, 0) is 50.5 Å². The average molecular weight is 406 g/mol. The molecule has 2 atom stereocenters. The number of methoxy groups -OCH3 is 1. The van der Waals surface area contributed by atoms with E-state index in [2.05, 4.69) is 38.1 Å². The molecule has 2 aliphatic rings. The molecule has 0 radical (unpaired) electrons. The number of H-pyrrole nitrogens is 1. The Morgan fingerprint density at radius 1 is 1.36 bits per heavy atom. The first kappa shape index (κ1) is 19.8. The molecule has 28 heavy (non-hydrogen) atoms. The van der Waals surface area contributed by atoms with Crippen molar-refractivity contribution < 1.29 is 8.95 Å². The molecule has 1 aliphatic heterocycles. The maximum Gasteiger partial charge on any atom is 0.142 e. The zero-order chi connectivity index (χ0) is 19.7. The standard InChI is InChI=1S/C20H31N5O2S/c1-14(27-3)16-5-8-25(9-6-16)28(26)12-15-10-17(11-15)24(2)20-18-4-7-21-19(18)22-13-23-20/h4,7,13-17H,5-6,8-12H2,1-3H3,(H,21,22,23). The summed E-state index contributed by atoms with van der Waals surface area (Å²) >= 11 is 0. The molecule has 1 N–H and O–H groups in total. The molecular formula is C20H31N5O2S. The number of aromatic nitrogens is 3. The van der Waals surface area contributed by atoms with Gasteiger partial charge in [-0.25, -0.2) is 18.5 Å². The Balaban J connectivity index is 1.26. The van der Waals surface area contributed by atoms with E-state index in [9.17, 15) is 4.21 Å². The quantitative estimate of drug-likeness (QED) is 0.766. The third-order valence-corrected chi connectivity index (χ3v) is 8.32. The largest absolute Gasteiger partial charge is 0.381 e. The first-order valence-electron chi connectivity index (χ1n) is 10.2. The predicted octanol–water partition coefficient (Wildman–Crippen LogP) is 2.58. The van der Waals surface area contributed by atoms with Crippen molar-refractivity contribution in [2.75, 3.05) is 37.9 Å². The number of nitrogens with one attached hydrogen (secondary N) is 1. The Hall–Kier alpha value is -1.51. The van der Waals surface area contributed by atoms with Crippen molar-refractivity contribution >= 4 is 27.8 Å². The molecule has 7 nitrogen and oxygen atoms in total. The first-order chi connectivity index (χ1) is 13.6. The molecule has 2 unspecified atom stereocenters. The number of fused-ring (bicyclic) bond motifs is 1. The van der Waals surface area contributed by atoms with Crippen molar-refractivity contribution in [3.8, 4) is 0 Å². The Morgan fingerprint density at radius 2 is 2.11 bits per heavy atom. The van der Waals surface area contributed by atoms with Gasteiger partial charge in [-0.1, -0.05) is 0 Å². The number of hydrogen-bond acceptors (Lipinski definition) is 5. The number of anilines is 1. The minimum absolute atomic E-state index is 0.298. The summed E-state index contributed by atoms with van der Waals surface area (Å²) in [5, 5.41) is 1.06. The number of hydrogen-bond donors (Lipinski definition) is 1. The third-order valence-electron chi connectivity index (χ3n) is 6.63. The fourth-order valence-corrected chi connectivity index (χ4v) is 6.02. The van der Waals surface area contributed by atoms with E-state index < -0.39 is 11.0 Å². The Kier molecular flexibility index (Phi) is 5.99. The van der Waals surface area contributed by atoms with Gasteiger partial charge in [-0.3, -0.25) is 0 Å². The van der Waals surface area contributed by atoms with E-state index in [1.54, 1.807) is 13.4 Å². The van der Waals surface area contributed by atoms with Gasteiger partial charge in [0.2, 0.25) is 0 Å². The minimum atomic E-state index is -0.860. The number of piperidine rings is 1. The monoisotopic (exact) mass is 405 g/mol. The van der Waals surface area contributed by atoms with E-state index in [4.69, 9.17) is 4.74 Å². The molecule has 0 amide bonds. The molecule has 2 aromatic heterocycles. The van der Waals surface area contributed by atoms with E-state index in [0.29, 0.717) is 24.0 Å². The lowest BCUT2D eigenvalue weighted by Gasteiger charge is -2.42. The number of aromatic amines is 1. The Labute approximate surface area is 169 Å². The molecule has 1 saturated heterocycles. The maximum absolute atomic E-state index is 12.8. The summed E-state index contributed by atoms with van der Waals surface area (Å²) in [6.45, 7) is 3.99. The molecule has 1 saturated carbocycles. The molecule has 2 fully saturated rings. The van der Waals surface area contributed by atoms with Crippen LogP contribution >= 0.6 is 0 Å². The summed E-state index contributed by atoms with van der Waals surface area (Å²) in [5.74, 6) is 2.90. The van der Waals surface area contributed by atoms with Crippen LogP contribution in [0.2, 0.25) is 0 Å². The minimum Gasteiger partial charge on any atom is -0.381 e. The molecule has 0 bridgehead atoms. The summed E-state index contributed by atoms with van der Waals surface area (Å²) in [6, 6.07) is 2.49. The summed E-state index contributed by atoms with van der Waals surface area (Å²) in [6.07, 6.45) is 8.13. The fraction of sp³-hybridized carbons (Fsp3) is 0.700. The van der Waals surface area contributed by atoms with Gasteiger partial charge < -0.3 is 14.6 Å². The van der Waals surface area contributed by atoms with E-state index in [1.165, 1.54) is 0 Å². The average Bonchev–Trinajstić information content (AvgIpc) is 3.18. The van der Waals surface area contributed by atoms with Crippen LogP contribution < -0.4 is 4.90 Å². The van der Waals surface area contributed by atoms with Crippen LogP contribution in [0.15, 0.2) is 18.6 Å². The third kappa shape index (κ3) is 3.95. The maximum atomic E-state index is 12.8. The predicted molar refractivity (Wildman–Crippen MR) is 113 cm³/mol. The highest BCUT2D eigenvalue weighted by Crippen LogP contribution is 2.36. The van der Waals surface area contributed by atoms with Crippen molar-refractivity contribution in [1.82, 2.24) is 19.3 Å². The van der Waals surface area contributed by atoms with Crippen LogP contribution in [-0.2, 0) is 15.7 Å². The molecule has 4 rings (SSSR count). The smallest absolute Gasteiger partial charge is 0.142 e. The normalized spacial score (nSPS) is 26.1. The van der Waals surface area contributed by atoms with Gasteiger partial charge in [0.1, 0.15) is 17.8 Å². The zero-order valence-corrected chi connectivity index (χ0v) is 17.8. The molecule has 0 spiro atoms. The van der Waals surface area contributed by atoms with Crippen LogP contribution in [0.25, 0.3) is 11.0 Å². The van der Waals surface area contributed by atoms with E-state index in [-0.39, 0.29) is 0 Å². The molecule has 154 valence electrons. The summed E-state index contributed by atoms with van der Waals surface area (Å²) < 4.78 is 20.4. The van der Waals surface area contributed by atoms with Gasteiger partial charge in [-0.15, -0.1) is 0 Å². The van der Waals surface area contributed by atoms with Gasteiger partial charge >= 0.3 is 0 Å².